The van der Waals surface area contributed by atoms with E-state index >= 15 is 0 Å². The summed E-state index contributed by atoms with van der Waals surface area (Å²) in [7, 11) is 0. The van der Waals surface area contributed by atoms with Crippen LogP contribution in [-0.4, -0.2) is 27.3 Å². The highest BCUT2D eigenvalue weighted by atomic mass is 19.4. The molecule has 0 fully saturated rings. The Morgan fingerprint density at radius 1 is 1.03 bits per heavy atom. The predicted octanol–water partition coefficient (Wildman–Crippen LogP) is 5.74. The van der Waals surface area contributed by atoms with E-state index in [1.807, 2.05) is 0 Å². The molecule has 34 heavy (non-hydrogen) atoms. The van der Waals surface area contributed by atoms with Crippen molar-refractivity contribution in [2.75, 3.05) is 11.9 Å². The number of anilines is 1. The molecule has 0 bridgehead atoms. The van der Waals surface area contributed by atoms with Crippen LogP contribution in [-0.2, 0) is 6.18 Å². The maximum atomic E-state index is 13.2. The maximum Gasteiger partial charge on any atom is 0.416 e. The molecule has 174 valence electrons. The van der Waals surface area contributed by atoms with Crippen molar-refractivity contribution in [2.24, 2.45) is 0 Å². The minimum absolute atomic E-state index is 0.00402. The van der Waals surface area contributed by atoms with Crippen LogP contribution in [0.15, 0.2) is 72.8 Å². The Morgan fingerprint density at radius 3 is 2.47 bits per heavy atom. The summed E-state index contributed by atoms with van der Waals surface area (Å²) in [5.74, 6) is -0.780. The van der Waals surface area contributed by atoms with Gasteiger partial charge in [0.15, 0.2) is 5.82 Å². The molecule has 0 aliphatic rings. The Labute approximate surface area is 191 Å². The van der Waals surface area contributed by atoms with E-state index in [9.17, 15) is 22.4 Å². The van der Waals surface area contributed by atoms with Crippen LogP contribution in [0.5, 0.6) is 6.01 Å². The van der Waals surface area contributed by atoms with E-state index in [2.05, 4.69) is 15.4 Å². The largest absolute Gasteiger partial charge is 0.463 e. The number of hydrogen-bond acceptors (Lipinski definition) is 4. The Hall–Kier alpha value is -4.21. The van der Waals surface area contributed by atoms with Gasteiger partial charge in [-0.2, -0.15) is 18.2 Å². The molecule has 0 unspecified atom stereocenters. The number of halogens is 4. The zero-order valence-corrected chi connectivity index (χ0v) is 17.8. The minimum atomic E-state index is -4.52. The monoisotopic (exact) mass is 470 g/mol. The smallest absolute Gasteiger partial charge is 0.416 e. The van der Waals surface area contributed by atoms with Gasteiger partial charge in [0.05, 0.1) is 17.9 Å². The SMILES string of the molecule is CCOc1nc(-c2cccc(C(F)(F)F)c2)n(-c2cccc(NC(=O)c3ccc(F)cc3)c2)n1. The van der Waals surface area contributed by atoms with E-state index in [1.54, 1.807) is 31.2 Å². The summed E-state index contributed by atoms with van der Waals surface area (Å²) in [5, 5.41) is 6.98. The number of nitrogens with one attached hydrogen (secondary N) is 1. The standard InChI is InChI=1S/C24H18F4N4O2/c1-2-34-23-30-21(16-5-3-6-17(13-16)24(26,27)28)32(31-23)20-8-4-7-19(14-20)29-22(33)15-9-11-18(25)12-10-15/h3-14H,2H2,1H3,(H,29,33). The quantitative estimate of drug-likeness (QED) is 0.365. The number of nitrogens with zero attached hydrogens (tertiary/aromatic N) is 3. The molecule has 1 heterocycles. The van der Waals surface area contributed by atoms with Crippen LogP contribution in [0.25, 0.3) is 17.1 Å². The first-order valence-corrected chi connectivity index (χ1v) is 10.2. The normalized spacial score (nSPS) is 11.3. The summed E-state index contributed by atoms with van der Waals surface area (Å²) >= 11 is 0. The highest BCUT2D eigenvalue weighted by molar-refractivity contribution is 6.04. The van der Waals surface area contributed by atoms with Crippen molar-refractivity contribution < 1.29 is 27.1 Å². The van der Waals surface area contributed by atoms with Gasteiger partial charge in [-0.1, -0.05) is 18.2 Å². The van der Waals surface area contributed by atoms with Crippen molar-refractivity contribution in [1.29, 1.82) is 0 Å². The molecule has 0 radical (unpaired) electrons. The molecule has 3 aromatic carbocycles. The average molecular weight is 470 g/mol. The van der Waals surface area contributed by atoms with E-state index in [-0.39, 0.29) is 29.6 Å². The molecular formula is C24H18F4N4O2. The van der Waals surface area contributed by atoms with Gasteiger partial charge in [-0.05, 0) is 61.5 Å². The van der Waals surface area contributed by atoms with E-state index in [0.29, 0.717) is 11.4 Å². The van der Waals surface area contributed by atoms with Gasteiger partial charge < -0.3 is 10.1 Å². The van der Waals surface area contributed by atoms with Crippen molar-refractivity contribution in [2.45, 2.75) is 13.1 Å². The zero-order valence-electron chi connectivity index (χ0n) is 17.8. The van der Waals surface area contributed by atoms with Crippen LogP contribution in [0.4, 0.5) is 23.2 Å². The van der Waals surface area contributed by atoms with Crippen molar-refractivity contribution in [3.05, 3.63) is 89.7 Å². The molecule has 0 saturated heterocycles. The fourth-order valence-corrected chi connectivity index (χ4v) is 3.20. The second-order valence-electron chi connectivity index (χ2n) is 7.15. The first kappa shape index (κ1) is 23.0. The third kappa shape index (κ3) is 5.06. The third-order valence-electron chi connectivity index (χ3n) is 4.76. The summed E-state index contributed by atoms with van der Waals surface area (Å²) in [4.78, 5) is 16.7. The van der Waals surface area contributed by atoms with Crippen molar-refractivity contribution in [3.63, 3.8) is 0 Å². The number of carbonyl (C=O) groups is 1. The van der Waals surface area contributed by atoms with Gasteiger partial charge in [0.25, 0.3) is 5.91 Å². The van der Waals surface area contributed by atoms with Crippen molar-refractivity contribution in [1.82, 2.24) is 14.8 Å². The summed E-state index contributed by atoms with van der Waals surface area (Å²) in [6.07, 6.45) is -4.52. The Balaban J connectivity index is 1.71. The van der Waals surface area contributed by atoms with E-state index in [4.69, 9.17) is 4.74 Å². The molecule has 0 spiro atoms. The number of ether oxygens (including phenoxy) is 1. The summed E-state index contributed by atoms with van der Waals surface area (Å²) < 4.78 is 59.6. The summed E-state index contributed by atoms with van der Waals surface area (Å²) in [5.41, 5.74) is 0.459. The highest BCUT2D eigenvalue weighted by Crippen LogP contribution is 2.33. The second kappa shape index (κ2) is 9.34. The van der Waals surface area contributed by atoms with Crippen LogP contribution < -0.4 is 10.1 Å². The van der Waals surface area contributed by atoms with Crippen LogP contribution >= 0.6 is 0 Å². The first-order valence-electron chi connectivity index (χ1n) is 10.2. The molecule has 10 heteroatoms. The minimum Gasteiger partial charge on any atom is -0.463 e. The van der Waals surface area contributed by atoms with Gasteiger partial charge in [0.1, 0.15) is 5.82 Å². The molecule has 0 aliphatic carbocycles. The molecule has 1 N–H and O–H groups in total. The lowest BCUT2D eigenvalue weighted by Crippen LogP contribution is -2.12. The molecule has 0 saturated carbocycles. The second-order valence-corrected chi connectivity index (χ2v) is 7.15. The number of amides is 1. The van der Waals surface area contributed by atoms with Gasteiger partial charge in [0, 0.05) is 16.8 Å². The van der Waals surface area contributed by atoms with Crippen molar-refractivity contribution >= 4 is 11.6 Å². The number of carbonyl (C=O) groups excluding carboxylic acids is 1. The lowest BCUT2D eigenvalue weighted by Gasteiger charge is -2.11. The zero-order chi connectivity index (χ0) is 24.3. The van der Waals surface area contributed by atoms with Crippen LogP contribution in [0.1, 0.15) is 22.8 Å². The van der Waals surface area contributed by atoms with Crippen LogP contribution in [0.3, 0.4) is 0 Å². The lowest BCUT2D eigenvalue weighted by molar-refractivity contribution is -0.137. The average Bonchev–Trinajstić information content (AvgIpc) is 3.23. The molecule has 4 aromatic rings. The van der Waals surface area contributed by atoms with Gasteiger partial charge in [-0.3, -0.25) is 4.79 Å². The topological polar surface area (TPSA) is 69.0 Å². The van der Waals surface area contributed by atoms with Crippen molar-refractivity contribution in [3.8, 4) is 23.1 Å². The predicted molar refractivity (Wildman–Crippen MR) is 117 cm³/mol. The molecule has 6 nitrogen and oxygen atoms in total. The van der Waals surface area contributed by atoms with E-state index in [0.717, 1.165) is 12.1 Å². The Bertz CT molecular complexity index is 1320. The van der Waals surface area contributed by atoms with Crippen LogP contribution in [0.2, 0.25) is 0 Å². The highest BCUT2D eigenvalue weighted by Gasteiger charge is 2.31. The van der Waals surface area contributed by atoms with Gasteiger partial charge in [-0.25, -0.2) is 9.07 Å². The number of benzene rings is 3. The Kier molecular flexibility index (Phi) is 6.31. The fraction of sp³-hybridized carbons (Fsp3) is 0.125. The van der Waals surface area contributed by atoms with Gasteiger partial charge in [-0.15, -0.1) is 5.10 Å². The van der Waals surface area contributed by atoms with E-state index < -0.39 is 23.5 Å². The first-order chi connectivity index (χ1) is 16.2. The van der Waals surface area contributed by atoms with Gasteiger partial charge in [0.2, 0.25) is 0 Å². The van der Waals surface area contributed by atoms with Gasteiger partial charge >= 0.3 is 12.2 Å². The molecule has 1 aromatic heterocycles. The van der Waals surface area contributed by atoms with E-state index in [1.165, 1.54) is 41.1 Å². The third-order valence-corrected chi connectivity index (χ3v) is 4.76. The maximum absolute atomic E-state index is 13.2. The molecule has 0 atom stereocenters. The number of alkyl halides is 3. The molecule has 4 rings (SSSR count). The molecule has 0 aliphatic heterocycles. The molecule has 1 amide bonds. The Morgan fingerprint density at radius 2 is 1.76 bits per heavy atom. The number of aromatic nitrogens is 3. The van der Waals surface area contributed by atoms with Crippen LogP contribution in [0, 0.1) is 5.82 Å². The fourth-order valence-electron chi connectivity index (χ4n) is 3.20. The lowest BCUT2D eigenvalue weighted by atomic mass is 10.1. The molecular weight excluding hydrogens is 452 g/mol. The number of rotatable bonds is 6. The summed E-state index contributed by atoms with van der Waals surface area (Å²) in [6.45, 7) is 2.00. The summed E-state index contributed by atoms with van der Waals surface area (Å²) in [6, 6.07) is 16.3. The number of hydrogen-bond donors (Lipinski definition) is 1.